The van der Waals surface area contributed by atoms with Crippen molar-refractivity contribution >= 4 is 17.9 Å². The average Bonchev–Trinajstić information content (AvgIpc) is 2.68. The molecule has 0 spiro atoms. The standard InChI is InChI=1S/C21H25N3O4/c1-15(19(25)24(2)14-17-11-7-4-8-12-17)28-20(26)18(23-21(22)27)13-16-9-5-3-6-10-16/h3-12,15,18H,13-14H2,1-2H3,(H3,22,23,27)/t15-,18-/m0/s1. The summed E-state index contributed by atoms with van der Waals surface area (Å²) in [4.78, 5) is 37.8. The summed E-state index contributed by atoms with van der Waals surface area (Å²) in [5, 5.41) is 2.38. The first kappa shape index (κ1) is 21.0. The first-order valence-electron chi connectivity index (χ1n) is 8.96. The molecule has 0 saturated heterocycles. The number of nitrogens with one attached hydrogen (secondary N) is 1. The first-order chi connectivity index (χ1) is 13.4. The van der Waals surface area contributed by atoms with E-state index in [1.54, 1.807) is 7.05 Å². The summed E-state index contributed by atoms with van der Waals surface area (Å²) >= 11 is 0. The number of amides is 3. The van der Waals surface area contributed by atoms with Crippen molar-refractivity contribution in [1.82, 2.24) is 10.2 Å². The van der Waals surface area contributed by atoms with Gasteiger partial charge in [-0.3, -0.25) is 4.79 Å². The van der Waals surface area contributed by atoms with Crippen LogP contribution in [0.1, 0.15) is 18.1 Å². The summed E-state index contributed by atoms with van der Waals surface area (Å²) in [5.41, 5.74) is 6.98. The zero-order valence-corrected chi connectivity index (χ0v) is 16.0. The van der Waals surface area contributed by atoms with E-state index < -0.39 is 24.1 Å². The molecular formula is C21H25N3O4. The highest BCUT2D eigenvalue weighted by Gasteiger charge is 2.27. The normalized spacial score (nSPS) is 12.5. The fourth-order valence-electron chi connectivity index (χ4n) is 2.77. The molecule has 0 bridgehead atoms. The van der Waals surface area contributed by atoms with Gasteiger partial charge in [0, 0.05) is 20.0 Å². The van der Waals surface area contributed by atoms with E-state index in [4.69, 9.17) is 10.5 Å². The number of nitrogens with zero attached hydrogens (tertiary/aromatic N) is 1. The van der Waals surface area contributed by atoms with Crippen LogP contribution in [-0.4, -0.2) is 42.0 Å². The van der Waals surface area contributed by atoms with Gasteiger partial charge in [-0.15, -0.1) is 0 Å². The van der Waals surface area contributed by atoms with Crippen molar-refractivity contribution in [3.05, 3.63) is 71.8 Å². The van der Waals surface area contributed by atoms with E-state index in [2.05, 4.69) is 5.32 Å². The molecule has 148 valence electrons. The second-order valence-electron chi connectivity index (χ2n) is 6.51. The third kappa shape index (κ3) is 6.42. The van der Waals surface area contributed by atoms with E-state index in [1.807, 2.05) is 60.7 Å². The van der Waals surface area contributed by atoms with Crippen molar-refractivity contribution in [2.75, 3.05) is 7.05 Å². The smallest absolute Gasteiger partial charge is 0.329 e. The van der Waals surface area contributed by atoms with Crippen LogP contribution in [0, 0.1) is 0 Å². The molecule has 0 saturated carbocycles. The molecule has 0 aliphatic heterocycles. The van der Waals surface area contributed by atoms with Crippen LogP contribution in [-0.2, 0) is 27.3 Å². The lowest BCUT2D eigenvalue weighted by Crippen LogP contribution is -2.48. The Morgan fingerprint density at radius 2 is 1.54 bits per heavy atom. The first-order valence-corrected chi connectivity index (χ1v) is 8.96. The quantitative estimate of drug-likeness (QED) is 0.679. The van der Waals surface area contributed by atoms with Gasteiger partial charge in [-0.1, -0.05) is 60.7 Å². The van der Waals surface area contributed by atoms with Gasteiger partial charge in [-0.2, -0.15) is 0 Å². The number of likely N-dealkylation sites (N-methyl/N-ethyl adjacent to an activating group) is 1. The largest absolute Gasteiger partial charge is 0.451 e. The van der Waals surface area contributed by atoms with Gasteiger partial charge >= 0.3 is 12.0 Å². The van der Waals surface area contributed by atoms with Crippen LogP contribution >= 0.6 is 0 Å². The molecule has 0 aromatic heterocycles. The number of hydrogen-bond donors (Lipinski definition) is 2. The minimum Gasteiger partial charge on any atom is -0.451 e. The van der Waals surface area contributed by atoms with Crippen LogP contribution in [0.15, 0.2) is 60.7 Å². The van der Waals surface area contributed by atoms with Crippen molar-refractivity contribution in [3.63, 3.8) is 0 Å². The summed E-state index contributed by atoms with van der Waals surface area (Å²) in [6.07, 6.45) is -0.780. The van der Waals surface area contributed by atoms with Gasteiger partial charge in [-0.05, 0) is 18.1 Å². The summed E-state index contributed by atoms with van der Waals surface area (Å²) in [6.45, 7) is 1.90. The highest BCUT2D eigenvalue weighted by molar-refractivity contribution is 5.87. The number of esters is 1. The maximum atomic E-state index is 12.5. The topological polar surface area (TPSA) is 102 Å². The Morgan fingerprint density at radius 1 is 1.00 bits per heavy atom. The summed E-state index contributed by atoms with van der Waals surface area (Å²) in [7, 11) is 1.64. The predicted molar refractivity (Wildman–Crippen MR) is 105 cm³/mol. The van der Waals surface area contributed by atoms with E-state index in [1.165, 1.54) is 11.8 Å². The van der Waals surface area contributed by atoms with E-state index in [-0.39, 0.29) is 12.3 Å². The Morgan fingerprint density at radius 3 is 2.07 bits per heavy atom. The minimum absolute atomic E-state index is 0.212. The van der Waals surface area contributed by atoms with E-state index in [0.29, 0.717) is 6.54 Å². The summed E-state index contributed by atoms with van der Waals surface area (Å²) in [6, 6.07) is 16.8. The van der Waals surface area contributed by atoms with Gasteiger partial charge in [0.2, 0.25) is 0 Å². The Balaban J connectivity index is 1.98. The molecule has 0 fully saturated rings. The number of hydrogen-bond acceptors (Lipinski definition) is 4. The fourth-order valence-corrected chi connectivity index (χ4v) is 2.77. The van der Waals surface area contributed by atoms with Crippen LogP contribution in [0.25, 0.3) is 0 Å². The lowest BCUT2D eigenvalue weighted by molar-refractivity contribution is -0.160. The van der Waals surface area contributed by atoms with Crippen LogP contribution in [0.4, 0.5) is 4.79 Å². The van der Waals surface area contributed by atoms with Gasteiger partial charge < -0.3 is 20.7 Å². The number of urea groups is 1. The molecule has 0 heterocycles. The van der Waals surface area contributed by atoms with Gasteiger partial charge in [-0.25, -0.2) is 9.59 Å². The number of ether oxygens (including phenoxy) is 1. The Bertz CT molecular complexity index is 796. The maximum absolute atomic E-state index is 12.5. The number of carbonyl (C=O) groups is 3. The fraction of sp³-hybridized carbons (Fsp3) is 0.286. The average molecular weight is 383 g/mol. The highest BCUT2D eigenvalue weighted by atomic mass is 16.5. The van der Waals surface area contributed by atoms with Gasteiger partial charge in [0.15, 0.2) is 6.10 Å². The maximum Gasteiger partial charge on any atom is 0.329 e. The number of carbonyl (C=O) groups excluding carboxylic acids is 3. The molecule has 3 amide bonds. The van der Waals surface area contributed by atoms with E-state index >= 15 is 0 Å². The summed E-state index contributed by atoms with van der Waals surface area (Å²) < 4.78 is 5.31. The molecule has 28 heavy (non-hydrogen) atoms. The molecular weight excluding hydrogens is 358 g/mol. The molecule has 2 rings (SSSR count). The van der Waals surface area contributed by atoms with Crippen molar-refractivity contribution < 1.29 is 19.1 Å². The second kappa shape index (κ2) is 10.1. The Labute approximate surface area is 164 Å². The second-order valence-corrected chi connectivity index (χ2v) is 6.51. The molecule has 2 aromatic rings. The summed E-state index contributed by atoms with van der Waals surface area (Å²) in [5.74, 6) is -1.05. The molecule has 2 aromatic carbocycles. The molecule has 7 nitrogen and oxygen atoms in total. The van der Waals surface area contributed by atoms with E-state index in [9.17, 15) is 14.4 Å². The van der Waals surface area contributed by atoms with Crippen molar-refractivity contribution in [3.8, 4) is 0 Å². The van der Waals surface area contributed by atoms with Crippen LogP contribution in [0.5, 0.6) is 0 Å². The van der Waals surface area contributed by atoms with Gasteiger partial charge in [0.1, 0.15) is 6.04 Å². The minimum atomic E-state index is -0.992. The molecule has 2 atom stereocenters. The van der Waals surface area contributed by atoms with Crippen molar-refractivity contribution in [2.24, 2.45) is 5.73 Å². The van der Waals surface area contributed by atoms with Crippen LogP contribution < -0.4 is 11.1 Å². The number of rotatable bonds is 8. The molecule has 7 heteroatoms. The molecule has 0 radical (unpaired) electrons. The zero-order valence-electron chi connectivity index (χ0n) is 16.0. The van der Waals surface area contributed by atoms with Gasteiger partial charge in [0.25, 0.3) is 5.91 Å². The number of benzene rings is 2. The molecule has 3 N–H and O–H groups in total. The molecule has 0 aliphatic carbocycles. The highest BCUT2D eigenvalue weighted by Crippen LogP contribution is 2.09. The number of nitrogens with two attached hydrogens (primary N) is 1. The predicted octanol–water partition coefficient (Wildman–Crippen LogP) is 1.86. The van der Waals surface area contributed by atoms with Crippen LogP contribution in [0.2, 0.25) is 0 Å². The zero-order chi connectivity index (χ0) is 20.5. The van der Waals surface area contributed by atoms with Crippen LogP contribution in [0.3, 0.4) is 0 Å². The third-order valence-electron chi connectivity index (χ3n) is 4.16. The van der Waals surface area contributed by atoms with Gasteiger partial charge in [0.05, 0.1) is 0 Å². The lowest BCUT2D eigenvalue weighted by Gasteiger charge is -2.23. The molecule has 0 aliphatic rings. The monoisotopic (exact) mass is 383 g/mol. The van der Waals surface area contributed by atoms with Crippen molar-refractivity contribution in [1.29, 1.82) is 0 Å². The SMILES string of the molecule is C[C@H](OC(=O)[C@H](Cc1ccccc1)NC(N)=O)C(=O)N(C)Cc1ccccc1. The lowest BCUT2D eigenvalue weighted by atomic mass is 10.1. The van der Waals surface area contributed by atoms with Crippen molar-refractivity contribution in [2.45, 2.75) is 32.0 Å². The molecule has 0 unspecified atom stereocenters. The Hall–Kier alpha value is -3.35. The third-order valence-corrected chi connectivity index (χ3v) is 4.16. The number of primary amides is 1. The Kier molecular flexibility index (Phi) is 7.56. The van der Waals surface area contributed by atoms with E-state index in [0.717, 1.165) is 11.1 Å².